The summed E-state index contributed by atoms with van der Waals surface area (Å²) >= 11 is 1.78. The molecule has 1 atom stereocenters. The van der Waals surface area contributed by atoms with Crippen LogP contribution in [0.5, 0.6) is 0 Å². The summed E-state index contributed by atoms with van der Waals surface area (Å²) in [5.74, 6) is 0.110. The Bertz CT molecular complexity index is 488. The Morgan fingerprint density at radius 3 is 3.25 bits per heavy atom. The number of nitrogens with one attached hydrogen (secondary N) is 2. The van der Waals surface area contributed by atoms with Crippen LogP contribution in [0.4, 0.5) is 5.13 Å². The van der Waals surface area contributed by atoms with Gasteiger partial charge in [-0.1, -0.05) is 6.92 Å². The molecular formula is C14H22N4OS. The van der Waals surface area contributed by atoms with Crippen LogP contribution >= 0.6 is 11.3 Å². The molecule has 2 N–H and O–H groups in total. The highest BCUT2D eigenvalue weighted by molar-refractivity contribution is 7.15. The lowest BCUT2D eigenvalue weighted by atomic mass is 9.98. The van der Waals surface area contributed by atoms with E-state index in [9.17, 15) is 4.79 Å². The fourth-order valence-corrected chi connectivity index (χ4v) is 4.14. The van der Waals surface area contributed by atoms with E-state index in [4.69, 9.17) is 4.98 Å². The minimum absolute atomic E-state index is 0.110. The molecule has 1 unspecified atom stereocenters. The van der Waals surface area contributed by atoms with Gasteiger partial charge in [0.05, 0.1) is 18.3 Å². The van der Waals surface area contributed by atoms with E-state index < -0.39 is 0 Å². The molecule has 0 radical (unpaired) electrons. The molecular weight excluding hydrogens is 272 g/mol. The smallest absolute Gasteiger partial charge is 0.239 e. The maximum atomic E-state index is 11.7. The van der Waals surface area contributed by atoms with Crippen LogP contribution in [-0.4, -0.2) is 37.1 Å². The average molecular weight is 294 g/mol. The Morgan fingerprint density at radius 2 is 2.40 bits per heavy atom. The molecule has 110 valence electrons. The molecule has 6 heteroatoms. The van der Waals surface area contributed by atoms with Gasteiger partial charge >= 0.3 is 0 Å². The van der Waals surface area contributed by atoms with Crippen molar-refractivity contribution in [1.29, 1.82) is 0 Å². The molecule has 0 saturated carbocycles. The van der Waals surface area contributed by atoms with Gasteiger partial charge in [0, 0.05) is 18.0 Å². The van der Waals surface area contributed by atoms with Crippen LogP contribution in [0.2, 0.25) is 0 Å². The Kier molecular flexibility index (Phi) is 4.21. The van der Waals surface area contributed by atoms with Gasteiger partial charge in [-0.05, 0) is 32.2 Å². The van der Waals surface area contributed by atoms with Crippen molar-refractivity contribution in [2.75, 3.05) is 31.1 Å². The first kappa shape index (κ1) is 13.8. The largest absolute Gasteiger partial charge is 0.354 e. The van der Waals surface area contributed by atoms with E-state index in [1.807, 2.05) is 0 Å². The number of anilines is 1. The van der Waals surface area contributed by atoms with Crippen molar-refractivity contribution >= 4 is 22.4 Å². The molecule has 0 spiro atoms. The number of thiazole rings is 1. The van der Waals surface area contributed by atoms with E-state index in [0.717, 1.165) is 37.6 Å². The SMILES string of the molecule is CCNC1CCCc2sc(N3CCCNC(=O)C3)nc21. The maximum Gasteiger partial charge on any atom is 0.239 e. The van der Waals surface area contributed by atoms with Gasteiger partial charge in [0.2, 0.25) is 5.91 Å². The normalized spacial score (nSPS) is 23.1. The van der Waals surface area contributed by atoms with E-state index in [-0.39, 0.29) is 5.91 Å². The lowest BCUT2D eigenvalue weighted by molar-refractivity contribution is -0.119. The summed E-state index contributed by atoms with van der Waals surface area (Å²) in [6.07, 6.45) is 4.53. The zero-order valence-electron chi connectivity index (χ0n) is 11.9. The van der Waals surface area contributed by atoms with Crippen molar-refractivity contribution in [3.05, 3.63) is 10.6 Å². The molecule has 3 rings (SSSR count). The van der Waals surface area contributed by atoms with E-state index in [0.29, 0.717) is 12.6 Å². The number of aryl methyl sites for hydroxylation is 1. The summed E-state index contributed by atoms with van der Waals surface area (Å²) in [4.78, 5) is 20.1. The molecule has 2 aliphatic rings. The topological polar surface area (TPSA) is 57.3 Å². The summed E-state index contributed by atoms with van der Waals surface area (Å²) in [5.41, 5.74) is 1.22. The third kappa shape index (κ3) is 2.81. The first-order valence-electron chi connectivity index (χ1n) is 7.52. The average Bonchev–Trinajstić information content (AvgIpc) is 2.76. The number of rotatable bonds is 3. The van der Waals surface area contributed by atoms with Crippen molar-refractivity contribution in [2.24, 2.45) is 0 Å². The standard InChI is InChI=1S/C14H22N4OS/c1-2-15-10-5-3-6-11-13(10)17-14(20-11)18-8-4-7-16-12(19)9-18/h10,15H,2-9H2,1H3,(H,16,19). The number of hydrogen-bond acceptors (Lipinski definition) is 5. The molecule has 1 amide bonds. The Morgan fingerprint density at radius 1 is 1.50 bits per heavy atom. The van der Waals surface area contributed by atoms with Gasteiger partial charge in [0.15, 0.2) is 5.13 Å². The minimum Gasteiger partial charge on any atom is -0.354 e. The number of nitrogens with zero attached hydrogens (tertiary/aromatic N) is 2. The van der Waals surface area contributed by atoms with Crippen LogP contribution in [0.1, 0.15) is 42.8 Å². The third-order valence-corrected chi connectivity index (χ3v) is 5.12. The first-order valence-corrected chi connectivity index (χ1v) is 8.34. The van der Waals surface area contributed by atoms with E-state index >= 15 is 0 Å². The predicted molar refractivity (Wildman–Crippen MR) is 81.3 cm³/mol. The van der Waals surface area contributed by atoms with Crippen molar-refractivity contribution in [3.63, 3.8) is 0 Å². The maximum absolute atomic E-state index is 11.7. The van der Waals surface area contributed by atoms with Crippen LogP contribution in [0.3, 0.4) is 0 Å². The molecule has 1 aliphatic carbocycles. The zero-order valence-corrected chi connectivity index (χ0v) is 12.8. The number of hydrogen-bond donors (Lipinski definition) is 2. The number of fused-ring (bicyclic) bond motifs is 1. The van der Waals surface area contributed by atoms with Crippen LogP contribution in [0.25, 0.3) is 0 Å². The van der Waals surface area contributed by atoms with Gasteiger partial charge in [-0.25, -0.2) is 4.98 Å². The van der Waals surface area contributed by atoms with Gasteiger partial charge in [-0.2, -0.15) is 0 Å². The summed E-state index contributed by atoms with van der Waals surface area (Å²) in [6, 6.07) is 0.398. The fraction of sp³-hybridized carbons (Fsp3) is 0.714. The van der Waals surface area contributed by atoms with Crippen molar-refractivity contribution in [1.82, 2.24) is 15.6 Å². The number of aromatic nitrogens is 1. The monoisotopic (exact) mass is 294 g/mol. The lowest BCUT2D eigenvalue weighted by Crippen LogP contribution is -2.33. The highest BCUT2D eigenvalue weighted by atomic mass is 32.1. The quantitative estimate of drug-likeness (QED) is 0.886. The molecule has 1 aliphatic heterocycles. The molecule has 0 aromatic carbocycles. The van der Waals surface area contributed by atoms with E-state index in [2.05, 4.69) is 22.5 Å². The van der Waals surface area contributed by atoms with E-state index in [1.54, 1.807) is 11.3 Å². The van der Waals surface area contributed by atoms with Crippen LogP contribution < -0.4 is 15.5 Å². The molecule has 2 heterocycles. The Labute approximate surface area is 123 Å². The molecule has 5 nitrogen and oxygen atoms in total. The molecule has 1 saturated heterocycles. The lowest BCUT2D eigenvalue weighted by Gasteiger charge is -2.21. The van der Waals surface area contributed by atoms with Crippen molar-refractivity contribution < 1.29 is 4.79 Å². The molecule has 1 fully saturated rings. The van der Waals surface area contributed by atoms with E-state index in [1.165, 1.54) is 23.4 Å². The number of amides is 1. The summed E-state index contributed by atoms with van der Waals surface area (Å²) in [6.45, 7) is 5.25. The Balaban J connectivity index is 1.82. The highest BCUT2D eigenvalue weighted by Gasteiger charge is 2.26. The van der Waals surface area contributed by atoms with Crippen LogP contribution in [-0.2, 0) is 11.2 Å². The second-order valence-corrected chi connectivity index (χ2v) is 6.49. The van der Waals surface area contributed by atoms with Gasteiger partial charge in [0.25, 0.3) is 0 Å². The first-order chi connectivity index (χ1) is 9.78. The summed E-state index contributed by atoms with van der Waals surface area (Å²) in [7, 11) is 0. The van der Waals surface area contributed by atoms with Crippen molar-refractivity contribution in [2.45, 2.75) is 38.6 Å². The van der Waals surface area contributed by atoms with Crippen LogP contribution in [0, 0.1) is 0 Å². The highest BCUT2D eigenvalue weighted by Crippen LogP contribution is 2.36. The number of carbonyl (C=O) groups is 1. The predicted octanol–water partition coefficient (Wildman–Crippen LogP) is 1.46. The molecule has 1 aromatic heterocycles. The second kappa shape index (κ2) is 6.10. The molecule has 0 bridgehead atoms. The summed E-state index contributed by atoms with van der Waals surface area (Å²) < 4.78 is 0. The van der Waals surface area contributed by atoms with Gasteiger partial charge < -0.3 is 15.5 Å². The van der Waals surface area contributed by atoms with Crippen LogP contribution in [0.15, 0.2) is 0 Å². The van der Waals surface area contributed by atoms with Crippen molar-refractivity contribution in [3.8, 4) is 0 Å². The number of carbonyl (C=O) groups excluding carboxylic acids is 1. The molecule has 1 aromatic rings. The van der Waals surface area contributed by atoms with Gasteiger partial charge in [-0.3, -0.25) is 4.79 Å². The minimum atomic E-state index is 0.110. The Hall–Kier alpha value is -1.14. The summed E-state index contributed by atoms with van der Waals surface area (Å²) in [5, 5.41) is 7.47. The molecule has 20 heavy (non-hydrogen) atoms. The second-order valence-electron chi connectivity index (χ2n) is 5.43. The zero-order chi connectivity index (χ0) is 13.9. The fourth-order valence-electron chi connectivity index (χ4n) is 2.96. The third-order valence-electron chi connectivity index (χ3n) is 3.93. The van der Waals surface area contributed by atoms with Gasteiger partial charge in [0.1, 0.15) is 0 Å². The van der Waals surface area contributed by atoms with Gasteiger partial charge in [-0.15, -0.1) is 11.3 Å².